The van der Waals surface area contributed by atoms with Gasteiger partial charge in [-0.25, -0.2) is 8.42 Å². The molecule has 9 nitrogen and oxygen atoms in total. The third-order valence-corrected chi connectivity index (χ3v) is 5.75. The number of nitro groups is 1. The Morgan fingerprint density at radius 3 is 2.04 bits per heavy atom. The number of benzene rings is 2. The van der Waals surface area contributed by atoms with Crippen LogP contribution < -0.4 is 14.2 Å². The average Bonchev–Trinajstić information content (AvgIpc) is 2.67. The van der Waals surface area contributed by atoms with Gasteiger partial charge in [0.2, 0.25) is 15.8 Å². The highest BCUT2D eigenvalue weighted by molar-refractivity contribution is 7.89. The molecule has 10 heteroatoms. The number of hydrogen-bond acceptors (Lipinski definition) is 7. The van der Waals surface area contributed by atoms with Crippen LogP contribution in [0.25, 0.3) is 0 Å². The van der Waals surface area contributed by atoms with E-state index >= 15 is 0 Å². The molecule has 2 aromatic carbocycles. The van der Waals surface area contributed by atoms with Crippen molar-refractivity contribution in [3.63, 3.8) is 0 Å². The lowest BCUT2D eigenvalue weighted by molar-refractivity contribution is -0.384. The monoisotopic (exact) mass is 396 g/mol. The van der Waals surface area contributed by atoms with Crippen LogP contribution in [0.2, 0.25) is 0 Å². The third kappa shape index (κ3) is 4.12. The van der Waals surface area contributed by atoms with Crippen LogP contribution in [0.15, 0.2) is 41.3 Å². The number of non-ortho nitro benzene ring substituents is 1. The molecule has 27 heavy (non-hydrogen) atoms. The molecule has 0 spiro atoms. The molecule has 0 aliphatic rings. The Hall–Kier alpha value is -2.85. The molecule has 0 atom stereocenters. The summed E-state index contributed by atoms with van der Waals surface area (Å²) in [6.07, 6.45) is 0. The van der Waals surface area contributed by atoms with E-state index in [0.717, 1.165) is 16.4 Å². The largest absolute Gasteiger partial charge is 0.493 e. The summed E-state index contributed by atoms with van der Waals surface area (Å²) in [7, 11) is 1.95. The van der Waals surface area contributed by atoms with Crippen molar-refractivity contribution in [1.29, 1.82) is 0 Å². The number of nitro benzene ring substituents is 1. The first-order valence-electron chi connectivity index (χ1n) is 7.74. The Labute approximate surface area is 157 Å². The van der Waals surface area contributed by atoms with Gasteiger partial charge < -0.3 is 14.2 Å². The molecule has 0 aliphatic heterocycles. The minimum atomic E-state index is -3.86. The van der Waals surface area contributed by atoms with Crippen LogP contribution in [0.5, 0.6) is 17.2 Å². The second-order valence-electron chi connectivity index (χ2n) is 5.51. The zero-order valence-electron chi connectivity index (χ0n) is 15.3. The molecule has 0 amide bonds. The van der Waals surface area contributed by atoms with Crippen LogP contribution in [0, 0.1) is 10.1 Å². The van der Waals surface area contributed by atoms with Gasteiger partial charge in [-0.1, -0.05) is 6.07 Å². The van der Waals surface area contributed by atoms with Crippen molar-refractivity contribution in [3.05, 3.63) is 52.1 Å². The van der Waals surface area contributed by atoms with Crippen LogP contribution in [0.3, 0.4) is 0 Å². The smallest absolute Gasteiger partial charge is 0.269 e. The maximum atomic E-state index is 12.8. The van der Waals surface area contributed by atoms with Gasteiger partial charge in [0.25, 0.3) is 5.69 Å². The van der Waals surface area contributed by atoms with Crippen molar-refractivity contribution < 1.29 is 27.6 Å². The summed E-state index contributed by atoms with van der Waals surface area (Å²) < 4.78 is 42.5. The van der Waals surface area contributed by atoms with E-state index in [1.807, 2.05) is 0 Å². The molecular formula is C17H20N2O7S. The van der Waals surface area contributed by atoms with E-state index in [2.05, 4.69) is 0 Å². The van der Waals surface area contributed by atoms with E-state index < -0.39 is 14.9 Å². The van der Waals surface area contributed by atoms with Gasteiger partial charge in [-0.2, -0.15) is 4.31 Å². The molecule has 0 heterocycles. The molecule has 146 valence electrons. The standard InChI is InChI=1S/C17H20N2O7S/c1-18(27(22,23)14-8-6-13(7-9-14)19(20)21)11-12-5-10-15(24-2)17(26-4)16(12)25-3/h5-10H,11H2,1-4H3. The molecular weight excluding hydrogens is 376 g/mol. The Balaban J connectivity index is 2.35. The van der Waals surface area contributed by atoms with E-state index in [9.17, 15) is 18.5 Å². The first-order valence-corrected chi connectivity index (χ1v) is 9.19. The molecule has 0 saturated carbocycles. The minimum Gasteiger partial charge on any atom is -0.493 e. The molecule has 2 rings (SSSR count). The third-order valence-electron chi connectivity index (χ3n) is 3.93. The van der Waals surface area contributed by atoms with E-state index in [-0.39, 0.29) is 17.1 Å². The van der Waals surface area contributed by atoms with E-state index in [1.165, 1.54) is 40.5 Å². The molecule has 2 aromatic rings. The SMILES string of the molecule is COc1ccc(CN(C)S(=O)(=O)c2ccc([N+](=O)[O-])cc2)c(OC)c1OC. The average molecular weight is 396 g/mol. The Kier molecular flexibility index (Phi) is 6.24. The van der Waals surface area contributed by atoms with Crippen molar-refractivity contribution in [2.75, 3.05) is 28.4 Å². The summed E-state index contributed by atoms with van der Waals surface area (Å²) >= 11 is 0. The second kappa shape index (κ2) is 8.23. The van der Waals surface area contributed by atoms with Crippen LogP contribution in [0.1, 0.15) is 5.56 Å². The van der Waals surface area contributed by atoms with Gasteiger partial charge in [0.1, 0.15) is 0 Å². The fourth-order valence-electron chi connectivity index (χ4n) is 2.53. The van der Waals surface area contributed by atoms with Crippen LogP contribution in [0.4, 0.5) is 5.69 Å². The minimum absolute atomic E-state index is 0.00283. The highest BCUT2D eigenvalue weighted by Gasteiger charge is 2.24. The first-order chi connectivity index (χ1) is 12.8. The zero-order chi connectivity index (χ0) is 20.2. The van der Waals surface area contributed by atoms with Gasteiger partial charge in [0.05, 0.1) is 31.1 Å². The quantitative estimate of drug-likeness (QED) is 0.498. The van der Waals surface area contributed by atoms with E-state index in [0.29, 0.717) is 22.8 Å². The van der Waals surface area contributed by atoms with Crippen molar-refractivity contribution in [2.24, 2.45) is 0 Å². The number of hydrogen-bond donors (Lipinski definition) is 0. The summed E-state index contributed by atoms with van der Waals surface area (Å²) in [5, 5.41) is 10.7. The molecule has 0 aromatic heterocycles. The van der Waals surface area contributed by atoms with Gasteiger partial charge in [-0.15, -0.1) is 0 Å². The Morgan fingerprint density at radius 1 is 0.963 bits per heavy atom. The number of rotatable bonds is 8. The van der Waals surface area contributed by atoms with Gasteiger partial charge in [-0.05, 0) is 18.2 Å². The highest BCUT2D eigenvalue weighted by Crippen LogP contribution is 2.40. The topological polar surface area (TPSA) is 108 Å². The summed E-state index contributed by atoms with van der Waals surface area (Å²) in [6, 6.07) is 8.05. The lowest BCUT2D eigenvalue weighted by atomic mass is 10.1. The number of ether oxygens (including phenoxy) is 3. The lowest BCUT2D eigenvalue weighted by Crippen LogP contribution is -2.26. The normalized spacial score (nSPS) is 11.3. The molecule has 0 saturated heterocycles. The van der Waals surface area contributed by atoms with E-state index in [1.54, 1.807) is 12.1 Å². The van der Waals surface area contributed by atoms with Gasteiger partial charge in [0.15, 0.2) is 11.5 Å². The zero-order valence-corrected chi connectivity index (χ0v) is 16.1. The Morgan fingerprint density at radius 2 is 1.56 bits per heavy atom. The van der Waals surface area contributed by atoms with Gasteiger partial charge >= 0.3 is 0 Å². The second-order valence-corrected chi connectivity index (χ2v) is 7.55. The van der Waals surface area contributed by atoms with Gasteiger partial charge in [-0.3, -0.25) is 10.1 Å². The summed E-state index contributed by atoms with van der Waals surface area (Å²) in [6.45, 7) is 0.00283. The van der Waals surface area contributed by atoms with Crippen LogP contribution in [-0.2, 0) is 16.6 Å². The van der Waals surface area contributed by atoms with Crippen molar-refractivity contribution in [3.8, 4) is 17.2 Å². The summed E-state index contributed by atoms with van der Waals surface area (Å²) in [4.78, 5) is 10.1. The van der Waals surface area contributed by atoms with E-state index in [4.69, 9.17) is 14.2 Å². The molecule has 0 unspecified atom stereocenters. The molecule has 0 N–H and O–H groups in total. The predicted octanol–water partition coefficient (Wildman–Crippen LogP) is 2.44. The predicted molar refractivity (Wildman–Crippen MR) is 97.8 cm³/mol. The molecule has 0 aliphatic carbocycles. The summed E-state index contributed by atoms with van der Waals surface area (Å²) in [5.41, 5.74) is 0.390. The number of nitrogens with zero attached hydrogens (tertiary/aromatic N) is 2. The van der Waals surface area contributed by atoms with Crippen LogP contribution in [-0.4, -0.2) is 46.0 Å². The molecule has 0 radical (unpaired) electrons. The molecule has 0 bridgehead atoms. The Bertz CT molecular complexity index is 927. The lowest BCUT2D eigenvalue weighted by Gasteiger charge is -2.20. The maximum absolute atomic E-state index is 12.8. The van der Waals surface area contributed by atoms with Crippen molar-refractivity contribution >= 4 is 15.7 Å². The van der Waals surface area contributed by atoms with Crippen LogP contribution >= 0.6 is 0 Å². The van der Waals surface area contributed by atoms with Gasteiger partial charge in [0, 0.05) is 31.3 Å². The maximum Gasteiger partial charge on any atom is 0.269 e. The number of sulfonamides is 1. The summed E-state index contributed by atoms with van der Waals surface area (Å²) in [5.74, 6) is 1.18. The highest BCUT2D eigenvalue weighted by atomic mass is 32.2. The fraction of sp³-hybridized carbons (Fsp3) is 0.294. The number of methoxy groups -OCH3 is 3. The van der Waals surface area contributed by atoms with Crippen molar-refractivity contribution in [2.45, 2.75) is 11.4 Å². The fourth-order valence-corrected chi connectivity index (χ4v) is 3.68. The van der Waals surface area contributed by atoms with Crippen molar-refractivity contribution in [1.82, 2.24) is 4.31 Å². The first kappa shape index (κ1) is 20.5. The molecule has 0 fully saturated rings.